The normalized spacial score (nSPS) is 11.9. The van der Waals surface area contributed by atoms with Gasteiger partial charge >= 0.3 is 6.18 Å². The minimum atomic E-state index is -4.63. The highest BCUT2D eigenvalue weighted by atomic mass is 32.2. The van der Waals surface area contributed by atoms with Crippen LogP contribution in [0.3, 0.4) is 0 Å². The monoisotopic (exact) mass is 506 g/mol. The summed E-state index contributed by atoms with van der Waals surface area (Å²) in [6.45, 7) is 2.04. The lowest BCUT2D eigenvalue weighted by Gasteiger charge is -2.18. The molecule has 0 saturated carbocycles. The van der Waals surface area contributed by atoms with Crippen LogP contribution in [0.25, 0.3) is 27.5 Å². The van der Waals surface area contributed by atoms with Crippen LogP contribution < -0.4 is 5.56 Å². The SMILES string of the molecule is CCCc1nc(SCc2nc3ccccc3c(=O)n2-c2ccccc2C(F)(F)F)c2ccccc2n1. The molecule has 2 heterocycles. The molecule has 0 amide bonds. The van der Waals surface area contributed by atoms with Crippen molar-refractivity contribution < 1.29 is 13.2 Å². The molecule has 0 radical (unpaired) electrons. The maximum atomic E-state index is 13.9. The zero-order valence-corrected chi connectivity index (χ0v) is 20.1. The summed E-state index contributed by atoms with van der Waals surface area (Å²) >= 11 is 1.33. The van der Waals surface area contributed by atoms with Crippen LogP contribution in [-0.2, 0) is 18.3 Å². The van der Waals surface area contributed by atoms with Crippen molar-refractivity contribution in [2.45, 2.75) is 36.7 Å². The lowest BCUT2D eigenvalue weighted by Crippen LogP contribution is -2.26. The smallest absolute Gasteiger partial charge is 0.268 e. The van der Waals surface area contributed by atoms with Gasteiger partial charge in [-0.05, 0) is 36.8 Å². The summed E-state index contributed by atoms with van der Waals surface area (Å²) < 4.78 is 42.8. The first-order valence-electron chi connectivity index (χ1n) is 11.4. The van der Waals surface area contributed by atoms with Crippen LogP contribution in [0.4, 0.5) is 13.2 Å². The Morgan fingerprint density at radius 2 is 1.47 bits per heavy atom. The van der Waals surface area contributed by atoms with Crippen LogP contribution in [0.2, 0.25) is 0 Å². The van der Waals surface area contributed by atoms with E-state index in [1.54, 1.807) is 24.3 Å². The number of nitrogens with zero attached hydrogens (tertiary/aromatic N) is 4. The fraction of sp³-hybridized carbons (Fsp3) is 0.185. The topological polar surface area (TPSA) is 60.7 Å². The molecule has 0 spiro atoms. The summed E-state index contributed by atoms with van der Waals surface area (Å²) in [5, 5.41) is 1.79. The Morgan fingerprint density at radius 3 is 2.19 bits per heavy atom. The molecule has 0 fully saturated rings. The van der Waals surface area contributed by atoms with Gasteiger partial charge < -0.3 is 0 Å². The predicted octanol–water partition coefficient (Wildman–Crippen LogP) is 6.59. The average Bonchev–Trinajstić information content (AvgIpc) is 2.87. The van der Waals surface area contributed by atoms with Crippen LogP contribution in [0.1, 0.15) is 30.6 Å². The molecule has 5 nitrogen and oxygen atoms in total. The van der Waals surface area contributed by atoms with E-state index in [0.29, 0.717) is 22.8 Å². The molecule has 2 aromatic heterocycles. The molecular formula is C27H21F3N4OS. The first-order valence-corrected chi connectivity index (χ1v) is 12.4. The number of rotatable bonds is 6. The zero-order chi connectivity index (χ0) is 25.3. The summed E-state index contributed by atoms with van der Waals surface area (Å²) in [6.07, 6.45) is -3.05. The van der Waals surface area contributed by atoms with Gasteiger partial charge in [-0.15, -0.1) is 0 Å². The highest BCUT2D eigenvalue weighted by molar-refractivity contribution is 7.98. The van der Waals surface area contributed by atoms with Crippen molar-refractivity contribution in [1.29, 1.82) is 0 Å². The molecule has 0 aliphatic carbocycles. The predicted molar refractivity (Wildman–Crippen MR) is 135 cm³/mol. The molecule has 0 N–H and O–H groups in total. The Morgan fingerprint density at radius 1 is 0.833 bits per heavy atom. The Labute approximate surface area is 209 Å². The fourth-order valence-corrected chi connectivity index (χ4v) is 5.06. The number of thioether (sulfide) groups is 1. The Hall–Kier alpha value is -3.72. The molecule has 0 aliphatic rings. The van der Waals surface area contributed by atoms with E-state index in [0.717, 1.165) is 28.0 Å². The number of halogens is 3. The van der Waals surface area contributed by atoms with Gasteiger partial charge in [-0.25, -0.2) is 15.0 Å². The van der Waals surface area contributed by atoms with Crippen molar-refractivity contribution in [2.75, 3.05) is 0 Å². The molecule has 0 atom stereocenters. The number of para-hydroxylation sites is 3. The van der Waals surface area contributed by atoms with Gasteiger partial charge in [0.25, 0.3) is 5.56 Å². The molecule has 36 heavy (non-hydrogen) atoms. The number of benzene rings is 3. The van der Waals surface area contributed by atoms with Crippen LogP contribution >= 0.6 is 11.8 Å². The highest BCUT2D eigenvalue weighted by Gasteiger charge is 2.34. The van der Waals surface area contributed by atoms with Crippen LogP contribution in [0.15, 0.2) is 82.6 Å². The first kappa shape index (κ1) is 24.0. The zero-order valence-electron chi connectivity index (χ0n) is 19.3. The van der Waals surface area contributed by atoms with E-state index in [9.17, 15) is 18.0 Å². The minimum Gasteiger partial charge on any atom is -0.268 e. The number of aromatic nitrogens is 4. The van der Waals surface area contributed by atoms with Gasteiger partial charge in [0.05, 0.1) is 33.4 Å². The highest BCUT2D eigenvalue weighted by Crippen LogP contribution is 2.35. The molecule has 0 saturated heterocycles. The van der Waals surface area contributed by atoms with Gasteiger partial charge in [-0.3, -0.25) is 9.36 Å². The third-order valence-corrected chi connectivity index (χ3v) is 6.71. The van der Waals surface area contributed by atoms with Crippen molar-refractivity contribution in [3.05, 3.63) is 100 Å². The van der Waals surface area contributed by atoms with E-state index in [-0.39, 0.29) is 22.7 Å². The molecule has 5 aromatic rings. The minimum absolute atomic E-state index is 0.138. The third kappa shape index (κ3) is 4.58. The van der Waals surface area contributed by atoms with Crippen LogP contribution in [0, 0.1) is 0 Å². The van der Waals surface area contributed by atoms with E-state index < -0.39 is 17.3 Å². The number of fused-ring (bicyclic) bond motifs is 2. The van der Waals surface area contributed by atoms with E-state index >= 15 is 0 Å². The largest absolute Gasteiger partial charge is 0.418 e. The van der Waals surface area contributed by atoms with Crippen molar-refractivity contribution in [3.8, 4) is 5.69 Å². The summed E-state index contributed by atoms with van der Waals surface area (Å²) in [7, 11) is 0. The van der Waals surface area contributed by atoms with Gasteiger partial charge in [-0.1, -0.05) is 61.2 Å². The van der Waals surface area contributed by atoms with E-state index in [2.05, 4.69) is 9.97 Å². The van der Waals surface area contributed by atoms with Crippen molar-refractivity contribution >= 4 is 33.6 Å². The van der Waals surface area contributed by atoms with E-state index in [4.69, 9.17) is 4.98 Å². The summed E-state index contributed by atoms with van der Waals surface area (Å²) in [4.78, 5) is 27.5. The quantitative estimate of drug-likeness (QED) is 0.192. The Kier molecular flexibility index (Phi) is 6.49. The molecule has 0 unspecified atom stereocenters. The van der Waals surface area contributed by atoms with Crippen LogP contribution in [0.5, 0.6) is 0 Å². The maximum absolute atomic E-state index is 13.9. The first-order chi connectivity index (χ1) is 17.4. The van der Waals surface area contributed by atoms with Crippen molar-refractivity contribution in [2.24, 2.45) is 0 Å². The summed E-state index contributed by atoms with van der Waals surface area (Å²) in [6, 6.07) is 19.3. The standard InChI is InChI=1S/C27H21F3N4OS/c1-2-9-23-31-20-13-6-3-10-17(20)25(33-23)36-16-24-32-21-14-7-4-11-18(21)26(35)34(24)22-15-8-5-12-19(22)27(28,29)30/h3-8,10-15H,2,9,16H2,1H3. The second-order valence-electron chi connectivity index (χ2n) is 8.20. The third-order valence-electron chi connectivity index (χ3n) is 5.72. The molecular weight excluding hydrogens is 485 g/mol. The average molecular weight is 507 g/mol. The molecule has 182 valence electrons. The van der Waals surface area contributed by atoms with Gasteiger partial charge in [0, 0.05) is 11.8 Å². The van der Waals surface area contributed by atoms with Gasteiger partial charge in [0.2, 0.25) is 0 Å². The Bertz CT molecular complexity index is 1630. The molecule has 0 bridgehead atoms. The van der Waals surface area contributed by atoms with Crippen molar-refractivity contribution in [1.82, 2.24) is 19.5 Å². The van der Waals surface area contributed by atoms with Gasteiger partial charge in [0.15, 0.2) is 0 Å². The Balaban J connectivity index is 1.67. The second kappa shape index (κ2) is 9.73. The number of aryl methyl sites for hydroxylation is 1. The van der Waals surface area contributed by atoms with Crippen molar-refractivity contribution in [3.63, 3.8) is 0 Å². The number of alkyl halides is 3. The lowest BCUT2D eigenvalue weighted by atomic mass is 10.1. The van der Waals surface area contributed by atoms with E-state index in [1.807, 2.05) is 31.2 Å². The molecule has 5 rings (SSSR count). The van der Waals surface area contributed by atoms with E-state index in [1.165, 1.54) is 30.0 Å². The summed E-state index contributed by atoms with van der Waals surface area (Å²) in [5.41, 5.74) is -0.467. The lowest BCUT2D eigenvalue weighted by molar-refractivity contribution is -0.137. The fourth-order valence-electron chi connectivity index (χ4n) is 4.10. The van der Waals surface area contributed by atoms with Gasteiger partial charge in [-0.2, -0.15) is 13.2 Å². The van der Waals surface area contributed by atoms with Gasteiger partial charge in [0.1, 0.15) is 16.7 Å². The van der Waals surface area contributed by atoms with Crippen LogP contribution in [-0.4, -0.2) is 19.5 Å². The second-order valence-corrected chi connectivity index (χ2v) is 9.17. The molecule has 9 heteroatoms. The molecule has 0 aliphatic heterocycles. The maximum Gasteiger partial charge on any atom is 0.418 e. The molecule has 3 aromatic carbocycles. The summed E-state index contributed by atoms with van der Waals surface area (Å²) in [5.74, 6) is 1.05. The number of hydrogen-bond acceptors (Lipinski definition) is 5. The number of hydrogen-bond donors (Lipinski definition) is 0.